The Labute approximate surface area is 167 Å². The van der Waals surface area contributed by atoms with Gasteiger partial charge in [0.25, 0.3) is 5.91 Å². The first-order valence-electron chi connectivity index (χ1n) is 8.06. The average molecular weight is 464 g/mol. The van der Waals surface area contributed by atoms with Gasteiger partial charge >= 0.3 is 0 Å². The van der Waals surface area contributed by atoms with Crippen molar-refractivity contribution in [2.75, 3.05) is 40.5 Å². The number of halogens is 1. The van der Waals surface area contributed by atoms with Crippen LogP contribution in [0.2, 0.25) is 0 Å². The predicted molar refractivity (Wildman–Crippen MR) is 110 cm³/mol. The van der Waals surface area contributed by atoms with Gasteiger partial charge in [0.05, 0.1) is 6.54 Å². The Morgan fingerprint density at radius 1 is 1.36 bits per heavy atom. The number of nitrogens with zero attached hydrogens (tertiary/aromatic N) is 2. The van der Waals surface area contributed by atoms with Crippen molar-refractivity contribution >= 4 is 35.8 Å². The van der Waals surface area contributed by atoms with Gasteiger partial charge < -0.3 is 25.4 Å². The second kappa shape index (κ2) is 13.7. The van der Waals surface area contributed by atoms with Crippen LogP contribution in [0.1, 0.15) is 18.9 Å². The van der Waals surface area contributed by atoms with Gasteiger partial charge in [0.1, 0.15) is 5.75 Å². The number of carbonyl (C=O) groups excluding carboxylic acids is 1. The normalized spacial score (nSPS) is 10.8. The maximum Gasteiger partial charge on any atom is 0.259 e. The van der Waals surface area contributed by atoms with Crippen molar-refractivity contribution < 1.29 is 14.3 Å². The third kappa shape index (κ3) is 10.8. The zero-order valence-corrected chi connectivity index (χ0v) is 17.5. The number of likely N-dealkylation sites (N-methyl/N-ethyl adjacent to an activating group) is 1. The molecule has 7 nitrogen and oxygen atoms in total. The van der Waals surface area contributed by atoms with Gasteiger partial charge in [-0.2, -0.15) is 0 Å². The maximum atomic E-state index is 11.5. The standard InChI is InChI=1S/C17H28N4O3.HI/c1-4-23-10-6-9-19-17(18)20-12-14-7-5-8-15(11-14)24-13-16(22)21(2)3;/h5,7-8,11H,4,6,9-10,12-13H2,1-3H3,(H3,18,19,20);1H. The van der Waals surface area contributed by atoms with E-state index < -0.39 is 0 Å². The molecule has 25 heavy (non-hydrogen) atoms. The molecule has 0 saturated heterocycles. The van der Waals surface area contributed by atoms with E-state index in [1.807, 2.05) is 31.2 Å². The minimum absolute atomic E-state index is 0. The predicted octanol–water partition coefficient (Wildman–Crippen LogP) is 1.60. The Kier molecular flexibility index (Phi) is 12.9. The van der Waals surface area contributed by atoms with Crippen molar-refractivity contribution in [1.29, 1.82) is 0 Å². The molecule has 0 atom stereocenters. The van der Waals surface area contributed by atoms with Crippen LogP contribution >= 0.6 is 24.0 Å². The second-order valence-electron chi connectivity index (χ2n) is 5.40. The molecule has 8 heteroatoms. The summed E-state index contributed by atoms with van der Waals surface area (Å²) in [5.41, 5.74) is 6.78. The van der Waals surface area contributed by atoms with E-state index in [1.165, 1.54) is 4.90 Å². The average Bonchev–Trinajstić information content (AvgIpc) is 2.58. The summed E-state index contributed by atoms with van der Waals surface area (Å²) >= 11 is 0. The number of guanidine groups is 1. The highest BCUT2D eigenvalue weighted by molar-refractivity contribution is 14.0. The molecule has 0 aliphatic carbocycles. The van der Waals surface area contributed by atoms with Gasteiger partial charge in [0, 0.05) is 33.9 Å². The van der Waals surface area contributed by atoms with E-state index in [0.717, 1.165) is 25.1 Å². The van der Waals surface area contributed by atoms with E-state index in [2.05, 4.69) is 10.3 Å². The van der Waals surface area contributed by atoms with Crippen LogP contribution < -0.4 is 15.8 Å². The molecule has 3 N–H and O–H groups in total. The van der Waals surface area contributed by atoms with Gasteiger partial charge in [-0.15, -0.1) is 24.0 Å². The lowest BCUT2D eigenvalue weighted by Gasteiger charge is -2.11. The van der Waals surface area contributed by atoms with Gasteiger partial charge in [0.15, 0.2) is 12.6 Å². The summed E-state index contributed by atoms with van der Waals surface area (Å²) in [7, 11) is 3.39. The fourth-order valence-electron chi connectivity index (χ4n) is 1.78. The molecule has 0 unspecified atom stereocenters. The van der Waals surface area contributed by atoms with Crippen LogP contribution in [0.4, 0.5) is 0 Å². The van der Waals surface area contributed by atoms with Gasteiger partial charge in [-0.05, 0) is 31.0 Å². The smallest absolute Gasteiger partial charge is 0.259 e. The van der Waals surface area contributed by atoms with Crippen molar-refractivity contribution in [3.05, 3.63) is 29.8 Å². The number of ether oxygens (including phenoxy) is 2. The summed E-state index contributed by atoms with van der Waals surface area (Å²) in [4.78, 5) is 17.3. The minimum Gasteiger partial charge on any atom is -0.484 e. The molecule has 0 saturated carbocycles. The Morgan fingerprint density at radius 2 is 2.12 bits per heavy atom. The first-order chi connectivity index (χ1) is 11.5. The number of nitrogens with one attached hydrogen (secondary N) is 1. The van der Waals surface area contributed by atoms with Crippen molar-refractivity contribution in [3.8, 4) is 5.75 Å². The molecule has 0 bridgehead atoms. The van der Waals surface area contributed by atoms with Crippen molar-refractivity contribution in [3.63, 3.8) is 0 Å². The topological polar surface area (TPSA) is 89.2 Å². The Bertz CT molecular complexity index is 538. The van der Waals surface area contributed by atoms with Gasteiger partial charge in [-0.3, -0.25) is 4.79 Å². The van der Waals surface area contributed by atoms with Crippen molar-refractivity contribution in [2.24, 2.45) is 10.7 Å². The molecule has 0 spiro atoms. The minimum atomic E-state index is -0.0843. The van der Waals surface area contributed by atoms with E-state index >= 15 is 0 Å². The molecule has 1 aromatic carbocycles. The third-order valence-electron chi connectivity index (χ3n) is 3.17. The molecule has 0 aliphatic rings. The number of carbonyl (C=O) groups is 1. The number of aliphatic imine (C=N–C) groups is 1. The van der Waals surface area contributed by atoms with Gasteiger partial charge in [0.2, 0.25) is 0 Å². The van der Waals surface area contributed by atoms with Crippen LogP contribution in [0.25, 0.3) is 0 Å². The summed E-state index contributed by atoms with van der Waals surface area (Å²) in [5.74, 6) is 0.959. The first kappa shape index (κ1) is 23.4. The summed E-state index contributed by atoms with van der Waals surface area (Å²) in [6, 6.07) is 7.47. The number of nitrogens with two attached hydrogens (primary N) is 1. The van der Waals surface area contributed by atoms with E-state index in [9.17, 15) is 4.79 Å². The lowest BCUT2D eigenvalue weighted by atomic mass is 10.2. The molecule has 0 aromatic heterocycles. The fourth-order valence-corrected chi connectivity index (χ4v) is 1.78. The van der Waals surface area contributed by atoms with Crippen LogP contribution in [0.3, 0.4) is 0 Å². The summed E-state index contributed by atoms with van der Waals surface area (Å²) < 4.78 is 10.7. The molecule has 1 rings (SSSR count). The monoisotopic (exact) mass is 464 g/mol. The molecular formula is C17H29IN4O3. The van der Waals surface area contributed by atoms with E-state index in [4.69, 9.17) is 15.2 Å². The zero-order chi connectivity index (χ0) is 17.8. The van der Waals surface area contributed by atoms with Crippen LogP contribution in [0.15, 0.2) is 29.3 Å². The van der Waals surface area contributed by atoms with Crippen LogP contribution in [-0.4, -0.2) is 57.2 Å². The van der Waals surface area contributed by atoms with E-state index in [1.54, 1.807) is 14.1 Å². The fraction of sp³-hybridized carbons (Fsp3) is 0.529. The molecular weight excluding hydrogens is 435 g/mol. The highest BCUT2D eigenvalue weighted by Crippen LogP contribution is 2.14. The Balaban J connectivity index is 0.00000576. The van der Waals surface area contributed by atoms with Crippen molar-refractivity contribution in [1.82, 2.24) is 10.2 Å². The maximum absolute atomic E-state index is 11.5. The number of hydrogen-bond acceptors (Lipinski definition) is 4. The SMILES string of the molecule is CCOCCCNC(N)=NCc1cccc(OCC(=O)N(C)C)c1.I. The quantitative estimate of drug-likeness (QED) is 0.238. The number of amides is 1. The Morgan fingerprint density at radius 3 is 2.80 bits per heavy atom. The van der Waals surface area contributed by atoms with Gasteiger partial charge in [-0.1, -0.05) is 12.1 Å². The number of benzene rings is 1. The molecule has 1 amide bonds. The lowest BCUT2D eigenvalue weighted by Crippen LogP contribution is -2.32. The van der Waals surface area contributed by atoms with Crippen LogP contribution in [0.5, 0.6) is 5.75 Å². The third-order valence-corrected chi connectivity index (χ3v) is 3.17. The van der Waals surface area contributed by atoms with E-state index in [-0.39, 0.29) is 36.5 Å². The highest BCUT2D eigenvalue weighted by Gasteiger charge is 2.05. The summed E-state index contributed by atoms with van der Waals surface area (Å²) in [5, 5.41) is 3.05. The lowest BCUT2D eigenvalue weighted by molar-refractivity contribution is -0.130. The number of hydrogen-bond donors (Lipinski definition) is 2. The summed E-state index contributed by atoms with van der Waals surface area (Å²) in [6.45, 7) is 4.60. The second-order valence-corrected chi connectivity index (χ2v) is 5.40. The highest BCUT2D eigenvalue weighted by atomic mass is 127. The van der Waals surface area contributed by atoms with Crippen molar-refractivity contribution in [2.45, 2.75) is 19.9 Å². The molecule has 0 radical (unpaired) electrons. The zero-order valence-electron chi connectivity index (χ0n) is 15.2. The molecule has 0 heterocycles. The van der Waals surface area contributed by atoms with Gasteiger partial charge in [-0.25, -0.2) is 4.99 Å². The number of rotatable bonds is 10. The molecule has 1 aromatic rings. The van der Waals surface area contributed by atoms with Crippen LogP contribution in [-0.2, 0) is 16.1 Å². The van der Waals surface area contributed by atoms with Crippen LogP contribution in [0, 0.1) is 0 Å². The first-order valence-corrected chi connectivity index (χ1v) is 8.06. The molecule has 0 aliphatic heterocycles. The van der Waals surface area contributed by atoms with E-state index in [0.29, 0.717) is 24.9 Å². The molecule has 0 fully saturated rings. The summed E-state index contributed by atoms with van der Waals surface area (Å²) in [6.07, 6.45) is 0.882. The Hall–Kier alpha value is -1.55. The molecule has 142 valence electrons. The largest absolute Gasteiger partial charge is 0.484 e.